The zero-order chi connectivity index (χ0) is 16.1. The fourth-order valence-corrected chi connectivity index (χ4v) is 2.31. The van der Waals surface area contributed by atoms with Gasteiger partial charge in [0.2, 0.25) is 5.95 Å². The normalized spacial score (nSPS) is 10.5. The first-order chi connectivity index (χ1) is 11.2. The van der Waals surface area contributed by atoms with Crippen LogP contribution < -0.4 is 10.1 Å². The highest BCUT2D eigenvalue weighted by molar-refractivity contribution is 5.37. The second kappa shape index (κ2) is 6.91. The number of aromatic nitrogens is 4. The highest BCUT2D eigenvalue weighted by Gasteiger charge is 2.06. The number of para-hydroxylation sites is 1. The molecule has 23 heavy (non-hydrogen) atoms. The molecule has 0 aliphatic rings. The highest BCUT2D eigenvalue weighted by atomic mass is 16.5. The van der Waals surface area contributed by atoms with E-state index in [1.54, 1.807) is 11.7 Å². The third kappa shape index (κ3) is 3.85. The molecule has 3 rings (SSSR count). The summed E-state index contributed by atoms with van der Waals surface area (Å²) >= 11 is 0. The van der Waals surface area contributed by atoms with Crippen molar-refractivity contribution in [2.75, 3.05) is 5.32 Å². The zero-order valence-electron chi connectivity index (χ0n) is 13.2. The van der Waals surface area contributed by atoms with Gasteiger partial charge in [-0.3, -0.25) is 0 Å². The summed E-state index contributed by atoms with van der Waals surface area (Å²) in [6.45, 7) is 3.22. The Morgan fingerprint density at radius 2 is 2.00 bits per heavy atom. The maximum Gasteiger partial charge on any atom is 0.242 e. The van der Waals surface area contributed by atoms with Crippen molar-refractivity contribution < 1.29 is 4.74 Å². The molecule has 0 unspecified atom stereocenters. The number of benzene rings is 2. The van der Waals surface area contributed by atoms with Crippen LogP contribution in [0.5, 0.6) is 5.75 Å². The molecule has 1 heterocycles. The van der Waals surface area contributed by atoms with Crippen molar-refractivity contribution in [1.82, 2.24) is 20.2 Å². The number of hydrogen-bond acceptors (Lipinski definition) is 5. The zero-order valence-corrected chi connectivity index (χ0v) is 13.2. The second-order valence-corrected chi connectivity index (χ2v) is 5.37. The summed E-state index contributed by atoms with van der Waals surface area (Å²) in [6.07, 6.45) is 0. The van der Waals surface area contributed by atoms with Crippen LogP contribution in [0.15, 0.2) is 48.5 Å². The number of nitrogens with zero attached hydrogens (tertiary/aromatic N) is 4. The fourth-order valence-electron chi connectivity index (χ4n) is 2.31. The molecule has 0 spiro atoms. The van der Waals surface area contributed by atoms with Crippen LogP contribution >= 0.6 is 0 Å². The van der Waals surface area contributed by atoms with E-state index in [1.165, 1.54) is 5.56 Å². The minimum Gasteiger partial charge on any atom is -0.489 e. The average Bonchev–Trinajstić information content (AvgIpc) is 2.97. The Labute approximate surface area is 135 Å². The molecule has 0 aliphatic carbocycles. The van der Waals surface area contributed by atoms with Gasteiger partial charge in [-0.25, -0.2) is 4.68 Å². The van der Waals surface area contributed by atoms with E-state index in [4.69, 9.17) is 4.74 Å². The molecule has 118 valence electrons. The predicted octanol–water partition coefficient (Wildman–Crippen LogP) is 2.71. The summed E-state index contributed by atoms with van der Waals surface area (Å²) < 4.78 is 7.57. The topological polar surface area (TPSA) is 64.9 Å². The summed E-state index contributed by atoms with van der Waals surface area (Å²) in [4.78, 5) is 0. The van der Waals surface area contributed by atoms with Gasteiger partial charge in [0.15, 0.2) is 0 Å². The molecule has 0 fully saturated rings. The van der Waals surface area contributed by atoms with E-state index in [-0.39, 0.29) is 0 Å². The lowest BCUT2D eigenvalue weighted by Crippen LogP contribution is -2.07. The first-order valence-electron chi connectivity index (χ1n) is 7.45. The highest BCUT2D eigenvalue weighted by Crippen LogP contribution is 2.20. The Balaban J connectivity index is 1.67. The summed E-state index contributed by atoms with van der Waals surface area (Å²) in [6, 6.07) is 16.3. The summed E-state index contributed by atoms with van der Waals surface area (Å²) in [5, 5.41) is 14.5. The van der Waals surface area contributed by atoms with E-state index in [2.05, 4.69) is 46.0 Å². The Morgan fingerprint density at radius 3 is 2.78 bits per heavy atom. The Hall–Kier alpha value is -2.89. The van der Waals surface area contributed by atoms with Gasteiger partial charge < -0.3 is 10.1 Å². The number of ether oxygens (including phenoxy) is 1. The lowest BCUT2D eigenvalue weighted by molar-refractivity contribution is 0.303. The van der Waals surface area contributed by atoms with Gasteiger partial charge in [0.1, 0.15) is 12.4 Å². The molecule has 1 N–H and O–H groups in total. The molecule has 3 aromatic rings. The third-order valence-electron chi connectivity index (χ3n) is 3.51. The van der Waals surface area contributed by atoms with Crippen LogP contribution in [0.2, 0.25) is 0 Å². The molecule has 0 saturated heterocycles. The van der Waals surface area contributed by atoms with Gasteiger partial charge in [0.25, 0.3) is 0 Å². The van der Waals surface area contributed by atoms with E-state index in [9.17, 15) is 0 Å². The minimum atomic E-state index is 0.546. The van der Waals surface area contributed by atoms with Crippen molar-refractivity contribution in [1.29, 1.82) is 0 Å². The van der Waals surface area contributed by atoms with Crippen LogP contribution in [0.1, 0.15) is 16.7 Å². The van der Waals surface area contributed by atoms with Gasteiger partial charge in [0, 0.05) is 19.2 Å². The monoisotopic (exact) mass is 309 g/mol. The maximum absolute atomic E-state index is 5.98. The van der Waals surface area contributed by atoms with Crippen LogP contribution in [-0.4, -0.2) is 20.2 Å². The number of rotatable bonds is 6. The molecule has 0 saturated carbocycles. The molecule has 0 amide bonds. The summed E-state index contributed by atoms with van der Waals surface area (Å²) in [7, 11) is 1.79. The fraction of sp³-hybridized carbons (Fsp3) is 0.235. The van der Waals surface area contributed by atoms with Gasteiger partial charge in [-0.15, -0.1) is 0 Å². The molecule has 2 aromatic carbocycles. The van der Waals surface area contributed by atoms with E-state index in [0.29, 0.717) is 19.1 Å². The molecule has 0 bridgehead atoms. The molecule has 0 atom stereocenters. The maximum atomic E-state index is 5.98. The first-order valence-corrected chi connectivity index (χ1v) is 7.45. The van der Waals surface area contributed by atoms with Crippen molar-refractivity contribution in [2.45, 2.75) is 20.1 Å². The third-order valence-corrected chi connectivity index (χ3v) is 3.51. The van der Waals surface area contributed by atoms with Crippen molar-refractivity contribution in [3.05, 3.63) is 65.2 Å². The van der Waals surface area contributed by atoms with Crippen LogP contribution in [0.3, 0.4) is 0 Å². The SMILES string of the molecule is Cc1cccc(COc2ccccc2CNc2nnnn2C)c1. The lowest BCUT2D eigenvalue weighted by atomic mass is 10.1. The van der Waals surface area contributed by atoms with E-state index >= 15 is 0 Å². The van der Waals surface area contributed by atoms with Gasteiger partial charge in [-0.05, 0) is 29.0 Å². The van der Waals surface area contributed by atoms with Crippen molar-refractivity contribution in [3.8, 4) is 5.75 Å². The summed E-state index contributed by atoms with van der Waals surface area (Å²) in [5.41, 5.74) is 3.45. The second-order valence-electron chi connectivity index (χ2n) is 5.37. The Kier molecular flexibility index (Phi) is 4.52. The van der Waals surface area contributed by atoms with Crippen molar-refractivity contribution >= 4 is 5.95 Å². The van der Waals surface area contributed by atoms with E-state index < -0.39 is 0 Å². The average molecular weight is 309 g/mol. The largest absolute Gasteiger partial charge is 0.489 e. The number of hydrogen-bond donors (Lipinski definition) is 1. The smallest absolute Gasteiger partial charge is 0.242 e. The first kappa shape index (κ1) is 15.0. The van der Waals surface area contributed by atoms with E-state index in [1.807, 2.05) is 30.3 Å². The van der Waals surface area contributed by atoms with E-state index in [0.717, 1.165) is 16.9 Å². The molecule has 1 aromatic heterocycles. The number of aryl methyl sites for hydroxylation is 2. The van der Waals surface area contributed by atoms with Crippen molar-refractivity contribution in [3.63, 3.8) is 0 Å². The van der Waals surface area contributed by atoms with Crippen LogP contribution in [-0.2, 0) is 20.2 Å². The molecule has 0 radical (unpaired) electrons. The Bertz CT molecular complexity index is 784. The minimum absolute atomic E-state index is 0.546. The van der Waals surface area contributed by atoms with Crippen LogP contribution in [0.25, 0.3) is 0 Å². The number of tetrazole rings is 1. The summed E-state index contributed by atoms with van der Waals surface area (Å²) in [5.74, 6) is 1.48. The van der Waals surface area contributed by atoms with Gasteiger partial charge >= 0.3 is 0 Å². The number of nitrogens with one attached hydrogen (secondary N) is 1. The standard InChI is InChI=1S/C17H19N5O/c1-13-6-5-7-14(10-13)12-23-16-9-4-3-8-15(16)11-18-17-19-20-21-22(17)2/h3-10H,11-12H2,1-2H3,(H,18,19,21). The quantitative estimate of drug-likeness (QED) is 0.758. The van der Waals surface area contributed by atoms with Gasteiger partial charge in [-0.2, -0.15) is 0 Å². The van der Waals surface area contributed by atoms with Crippen molar-refractivity contribution in [2.24, 2.45) is 7.05 Å². The molecular weight excluding hydrogens is 290 g/mol. The van der Waals surface area contributed by atoms with Crippen LogP contribution in [0.4, 0.5) is 5.95 Å². The van der Waals surface area contributed by atoms with Gasteiger partial charge in [-0.1, -0.05) is 53.1 Å². The van der Waals surface area contributed by atoms with Gasteiger partial charge in [0.05, 0.1) is 0 Å². The van der Waals surface area contributed by atoms with Crippen LogP contribution in [0, 0.1) is 6.92 Å². The Morgan fingerprint density at radius 1 is 1.13 bits per heavy atom. The number of anilines is 1. The molecular formula is C17H19N5O. The molecule has 6 heteroatoms. The molecule has 0 aliphatic heterocycles. The predicted molar refractivity (Wildman–Crippen MR) is 88.1 cm³/mol. The lowest BCUT2D eigenvalue weighted by Gasteiger charge is -2.12. The molecule has 6 nitrogen and oxygen atoms in total.